The van der Waals surface area contributed by atoms with Crippen molar-refractivity contribution in [2.75, 3.05) is 11.1 Å². The van der Waals surface area contributed by atoms with Crippen molar-refractivity contribution in [3.05, 3.63) is 47.3 Å². The zero-order valence-corrected chi connectivity index (χ0v) is 11.2. The maximum atomic E-state index is 14.2. The normalized spacial score (nSPS) is 17.1. The molecule has 6 heteroatoms. The first-order valence-electron chi connectivity index (χ1n) is 6.87. The van der Waals surface area contributed by atoms with E-state index in [9.17, 15) is 4.39 Å². The molecule has 1 aromatic carbocycles. The van der Waals surface area contributed by atoms with Crippen LogP contribution in [0.3, 0.4) is 0 Å². The Morgan fingerprint density at radius 1 is 1.33 bits per heavy atom. The number of nitrogen functional groups attached to an aromatic ring is 1. The van der Waals surface area contributed by atoms with Gasteiger partial charge in [0, 0.05) is 0 Å². The minimum absolute atomic E-state index is 0.0842. The number of nitrogens with two attached hydrogens (primary N) is 1. The lowest BCUT2D eigenvalue weighted by Crippen LogP contribution is -2.10. The van der Waals surface area contributed by atoms with E-state index in [2.05, 4.69) is 32.6 Å². The molecule has 4 N–H and O–H groups in total. The number of benzene rings is 1. The standard InChI is InChI=1S/C15H14FN5/c16-11-7-10-13(17)20-21-14(10)19-15(11)18-12-6-5-8-3-1-2-4-9(8)12/h1-4,7,12H,5-6H2,(H4,17,18,19,20,21). The Morgan fingerprint density at radius 2 is 2.19 bits per heavy atom. The fraction of sp³-hybridized carbons (Fsp3) is 0.200. The Morgan fingerprint density at radius 3 is 3.10 bits per heavy atom. The molecule has 1 unspecified atom stereocenters. The predicted molar refractivity (Wildman–Crippen MR) is 79.4 cm³/mol. The molecule has 0 aliphatic heterocycles. The second kappa shape index (κ2) is 4.44. The number of rotatable bonds is 2. The molecule has 5 nitrogen and oxygen atoms in total. The van der Waals surface area contributed by atoms with Crippen LogP contribution in [0.5, 0.6) is 0 Å². The summed E-state index contributed by atoms with van der Waals surface area (Å²) in [6.07, 6.45) is 1.93. The van der Waals surface area contributed by atoms with Crippen LogP contribution in [0.25, 0.3) is 11.0 Å². The van der Waals surface area contributed by atoms with Crippen molar-refractivity contribution in [1.29, 1.82) is 0 Å². The Kier molecular flexibility index (Phi) is 2.57. The number of pyridine rings is 1. The smallest absolute Gasteiger partial charge is 0.166 e. The van der Waals surface area contributed by atoms with E-state index in [0.717, 1.165) is 12.8 Å². The van der Waals surface area contributed by atoms with Crippen LogP contribution >= 0.6 is 0 Å². The third kappa shape index (κ3) is 1.91. The van der Waals surface area contributed by atoms with E-state index in [0.29, 0.717) is 11.0 Å². The lowest BCUT2D eigenvalue weighted by atomic mass is 10.1. The first-order chi connectivity index (χ1) is 10.2. The van der Waals surface area contributed by atoms with Crippen molar-refractivity contribution in [2.45, 2.75) is 18.9 Å². The highest BCUT2D eigenvalue weighted by Gasteiger charge is 2.23. The maximum Gasteiger partial charge on any atom is 0.166 e. The first-order valence-corrected chi connectivity index (χ1v) is 6.87. The summed E-state index contributed by atoms with van der Waals surface area (Å²) in [7, 11) is 0. The van der Waals surface area contributed by atoms with E-state index < -0.39 is 5.82 Å². The van der Waals surface area contributed by atoms with Crippen molar-refractivity contribution >= 4 is 22.7 Å². The summed E-state index contributed by atoms with van der Waals surface area (Å²) in [6.45, 7) is 0. The van der Waals surface area contributed by atoms with Crippen LogP contribution in [0.1, 0.15) is 23.6 Å². The molecule has 4 rings (SSSR count). The minimum atomic E-state index is -0.417. The number of aromatic nitrogens is 3. The average Bonchev–Trinajstić information content (AvgIpc) is 3.05. The van der Waals surface area contributed by atoms with Gasteiger partial charge in [0.1, 0.15) is 0 Å². The maximum absolute atomic E-state index is 14.2. The van der Waals surface area contributed by atoms with Gasteiger partial charge in [0.15, 0.2) is 23.1 Å². The molecule has 0 fully saturated rings. The molecule has 1 aliphatic rings. The predicted octanol–water partition coefficient (Wildman–Crippen LogP) is 2.78. The molecule has 2 aromatic heterocycles. The monoisotopic (exact) mass is 283 g/mol. The molecule has 0 spiro atoms. The Labute approximate surface area is 120 Å². The summed E-state index contributed by atoms with van der Waals surface area (Å²) < 4.78 is 14.2. The number of nitrogens with zero attached hydrogens (tertiary/aromatic N) is 2. The van der Waals surface area contributed by atoms with Crippen LogP contribution in [-0.4, -0.2) is 15.2 Å². The molecule has 21 heavy (non-hydrogen) atoms. The fourth-order valence-corrected chi connectivity index (χ4v) is 2.92. The van der Waals surface area contributed by atoms with Crippen LogP contribution in [0, 0.1) is 5.82 Å². The number of anilines is 2. The van der Waals surface area contributed by atoms with Crippen molar-refractivity contribution in [3.8, 4) is 0 Å². The number of nitrogens with one attached hydrogen (secondary N) is 2. The van der Waals surface area contributed by atoms with E-state index in [1.165, 1.54) is 17.2 Å². The Balaban J connectivity index is 1.70. The lowest BCUT2D eigenvalue weighted by Gasteiger charge is -2.15. The van der Waals surface area contributed by atoms with Gasteiger partial charge in [-0.3, -0.25) is 5.10 Å². The first kappa shape index (κ1) is 12.1. The van der Waals surface area contributed by atoms with Crippen molar-refractivity contribution in [2.24, 2.45) is 0 Å². The molecule has 0 bridgehead atoms. The van der Waals surface area contributed by atoms with Gasteiger partial charge in [-0.2, -0.15) is 5.10 Å². The van der Waals surface area contributed by atoms with Gasteiger partial charge in [-0.05, 0) is 30.0 Å². The van der Waals surface area contributed by atoms with E-state index in [4.69, 9.17) is 5.73 Å². The highest BCUT2D eigenvalue weighted by Crippen LogP contribution is 2.34. The van der Waals surface area contributed by atoms with E-state index in [1.54, 1.807) is 0 Å². The number of fused-ring (bicyclic) bond motifs is 2. The molecule has 1 aliphatic carbocycles. The number of hydrogen-bond donors (Lipinski definition) is 3. The number of aromatic amines is 1. The van der Waals surface area contributed by atoms with Crippen LogP contribution in [0.4, 0.5) is 16.0 Å². The van der Waals surface area contributed by atoms with Crippen molar-refractivity contribution in [1.82, 2.24) is 15.2 Å². The molecule has 106 valence electrons. The van der Waals surface area contributed by atoms with Gasteiger partial charge in [-0.1, -0.05) is 24.3 Å². The molecular formula is C15H14FN5. The number of hydrogen-bond acceptors (Lipinski definition) is 4. The Bertz CT molecular complexity index is 826. The van der Waals surface area contributed by atoms with Gasteiger partial charge in [0.05, 0.1) is 11.4 Å². The van der Waals surface area contributed by atoms with Gasteiger partial charge in [-0.15, -0.1) is 0 Å². The summed E-state index contributed by atoms with van der Waals surface area (Å²) in [5, 5.41) is 10.2. The largest absolute Gasteiger partial charge is 0.382 e. The van der Waals surface area contributed by atoms with Crippen LogP contribution < -0.4 is 11.1 Å². The molecule has 0 saturated heterocycles. The van der Waals surface area contributed by atoms with E-state index in [-0.39, 0.29) is 17.7 Å². The molecule has 3 aromatic rings. The number of aryl methyl sites for hydroxylation is 1. The number of halogens is 1. The highest BCUT2D eigenvalue weighted by molar-refractivity contribution is 5.87. The van der Waals surface area contributed by atoms with Crippen molar-refractivity contribution in [3.63, 3.8) is 0 Å². The average molecular weight is 283 g/mol. The third-order valence-electron chi connectivity index (χ3n) is 3.98. The summed E-state index contributed by atoms with van der Waals surface area (Å²) in [4.78, 5) is 4.25. The van der Waals surface area contributed by atoms with Crippen LogP contribution in [0.15, 0.2) is 30.3 Å². The molecule has 2 heterocycles. The van der Waals surface area contributed by atoms with Gasteiger partial charge in [0.2, 0.25) is 0 Å². The Hall–Kier alpha value is -2.63. The molecule has 0 radical (unpaired) electrons. The minimum Gasteiger partial charge on any atom is -0.382 e. The van der Waals surface area contributed by atoms with Crippen LogP contribution in [-0.2, 0) is 6.42 Å². The zero-order chi connectivity index (χ0) is 14.4. The molecule has 0 saturated carbocycles. The van der Waals surface area contributed by atoms with E-state index in [1.807, 2.05) is 12.1 Å². The fourth-order valence-electron chi connectivity index (χ4n) is 2.92. The summed E-state index contributed by atoms with van der Waals surface area (Å²) in [6, 6.07) is 9.66. The lowest BCUT2D eigenvalue weighted by molar-refractivity contribution is 0.621. The third-order valence-corrected chi connectivity index (χ3v) is 3.98. The zero-order valence-electron chi connectivity index (χ0n) is 11.2. The quantitative estimate of drug-likeness (QED) is 0.675. The van der Waals surface area contributed by atoms with Gasteiger partial charge in [0.25, 0.3) is 0 Å². The van der Waals surface area contributed by atoms with E-state index >= 15 is 0 Å². The molecule has 0 amide bonds. The highest BCUT2D eigenvalue weighted by atomic mass is 19.1. The van der Waals surface area contributed by atoms with Crippen molar-refractivity contribution < 1.29 is 4.39 Å². The molecular weight excluding hydrogens is 269 g/mol. The van der Waals surface area contributed by atoms with Gasteiger partial charge < -0.3 is 11.1 Å². The van der Waals surface area contributed by atoms with Gasteiger partial charge in [-0.25, -0.2) is 9.37 Å². The van der Waals surface area contributed by atoms with Crippen LogP contribution in [0.2, 0.25) is 0 Å². The molecule has 1 atom stereocenters. The van der Waals surface area contributed by atoms with Gasteiger partial charge >= 0.3 is 0 Å². The SMILES string of the molecule is Nc1n[nH]c2nc(NC3CCc4ccccc43)c(F)cc12. The summed E-state index contributed by atoms with van der Waals surface area (Å²) in [5.41, 5.74) is 8.66. The summed E-state index contributed by atoms with van der Waals surface area (Å²) in [5.74, 6) is 0.0713. The summed E-state index contributed by atoms with van der Waals surface area (Å²) >= 11 is 0. The second-order valence-corrected chi connectivity index (χ2v) is 5.26. The number of H-pyrrole nitrogens is 1. The second-order valence-electron chi connectivity index (χ2n) is 5.26. The topological polar surface area (TPSA) is 79.6 Å².